The molecule has 0 atom stereocenters. The summed E-state index contributed by atoms with van der Waals surface area (Å²) in [7, 11) is -3.97. The van der Waals surface area contributed by atoms with Crippen LogP contribution < -0.4 is 34.3 Å². The minimum absolute atomic E-state index is 0. The first-order valence-electron chi connectivity index (χ1n) is 4.48. The Hall–Kier alpha value is -0.470. The van der Waals surface area contributed by atoms with Crippen molar-refractivity contribution < 1.29 is 58.9 Å². The Balaban J connectivity index is 0. The second kappa shape index (κ2) is 7.07. The van der Waals surface area contributed by atoms with E-state index in [9.17, 15) is 8.42 Å². The molecule has 1 aromatic rings. The van der Waals surface area contributed by atoms with Gasteiger partial charge in [0.25, 0.3) is 10.1 Å². The van der Waals surface area contributed by atoms with Gasteiger partial charge in [0, 0.05) is 18.2 Å². The molecule has 0 heterocycles. The Morgan fingerprint density at radius 2 is 1.71 bits per heavy atom. The van der Waals surface area contributed by atoms with Gasteiger partial charge in [0.05, 0.1) is 12.4 Å². The van der Waals surface area contributed by atoms with Crippen LogP contribution in [0.1, 0.15) is 7.85 Å². The predicted molar refractivity (Wildman–Crippen MR) is 57.4 cm³/mol. The molecule has 0 saturated carbocycles. The number of phenolic OH excluding ortho intramolecular Hbond substituents is 2. The van der Waals surface area contributed by atoms with Crippen LogP contribution in [0.5, 0.6) is 17.2 Å². The van der Waals surface area contributed by atoms with Crippen molar-refractivity contribution in [2.45, 2.75) is 6.42 Å². The molecule has 0 spiro atoms. The molecule has 92 valence electrons. The van der Waals surface area contributed by atoms with Crippen molar-refractivity contribution in [2.75, 3.05) is 12.4 Å². The Bertz CT molecular complexity index is 444. The largest absolute Gasteiger partial charge is 1.00 e. The van der Waals surface area contributed by atoms with Gasteiger partial charge < -0.3 is 16.4 Å². The molecule has 3 N–H and O–H groups in total. The molecular weight excluding hydrogens is 259 g/mol. The number of aromatic hydroxyl groups is 2. The summed E-state index contributed by atoms with van der Waals surface area (Å²) < 4.78 is 34.2. The molecule has 17 heavy (non-hydrogen) atoms. The maximum absolute atomic E-state index is 10.4. The summed E-state index contributed by atoms with van der Waals surface area (Å²) in [5.41, 5.74) is 0. The van der Waals surface area contributed by atoms with Crippen LogP contribution in [-0.2, 0) is 10.1 Å². The molecular formula is C9H13NaO6S. The van der Waals surface area contributed by atoms with Crippen molar-refractivity contribution in [1.82, 2.24) is 0 Å². The third-order valence-electron chi connectivity index (χ3n) is 1.69. The summed E-state index contributed by atoms with van der Waals surface area (Å²) in [6, 6.07) is 3.71. The first-order chi connectivity index (χ1) is 7.37. The monoisotopic (exact) mass is 272 g/mol. The van der Waals surface area contributed by atoms with Gasteiger partial charge in [-0.05, 0) is 6.42 Å². The van der Waals surface area contributed by atoms with Crippen molar-refractivity contribution in [3.8, 4) is 17.2 Å². The van der Waals surface area contributed by atoms with Crippen LogP contribution >= 0.6 is 0 Å². The first-order valence-corrected chi connectivity index (χ1v) is 6.09. The molecule has 6 nitrogen and oxygen atoms in total. The summed E-state index contributed by atoms with van der Waals surface area (Å²) in [4.78, 5) is 0. The molecule has 0 fully saturated rings. The van der Waals surface area contributed by atoms with Crippen LogP contribution in [-0.4, -0.2) is 35.5 Å². The predicted octanol–water partition coefficient (Wildman–Crippen LogP) is -2.13. The van der Waals surface area contributed by atoms with E-state index in [0.29, 0.717) is 0 Å². The maximum atomic E-state index is 10.4. The fourth-order valence-electron chi connectivity index (χ4n) is 1.08. The van der Waals surface area contributed by atoms with E-state index in [1.54, 1.807) is 0 Å². The Labute approximate surface area is 123 Å². The molecule has 1 aromatic carbocycles. The molecule has 0 bridgehead atoms. The van der Waals surface area contributed by atoms with E-state index in [1.165, 1.54) is 12.1 Å². The molecule has 8 heteroatoms. The molecule has 0 aliphatic rings. The average molecular weight is 272 g/mol. The zero-order valence-corrected chi connectivity index (χ0v) is 12.1. The summed E-state index contributed by atoms with van der Waals surface area (Å²) >= 11 is 0. The SMILES string of the molecule is O=S(=O)(O)CCCOc1cc(O)cc(O)c1.[H-].[Na+]. The van der Waals surface area contributed by atoms with E-state index in [4.69, 9.17) is 19.5 Å². The Morgan fingerprint density at radius 1 is 1.18 bits per heavy atom. The minimum atomic E-state index is -3.97. The van der Waals surface area contributed by atoms with Gasteiger partial charge in [-0.1, -0.05) is 0 Å². The van der Waals surface area contributed by atoms with Crippen LogP contribution in [0.3, 0.4) is 0 Å². The third kappa shape index (κ3) is 7.45. The van der Waals surface area contributed by atoms with Gasteiger partial charge in [0.2, 0.25) is 0 Å². The quantitative estimate of drug-likeness (QED) is 0.321. The fraction of sp³-hybridized carbons (Fsp3) is 0.333. The summed E-state index contributed by atoms with van der Waals surface area (Å²) in [5, 5.41) is 18.2. The van der Waals surface area contributed by atoms with E-state index < -0.39 is 15.9 Å². The third-order valence-corrected chi connectivity index (χ3v) is 2.50. The van der Waals surface area contributed by atoms with Gasteiger partial charge in [0.15, 0.2) is 0 Å². The van der Waals surface area contributed by atoms with Gasteiger partial charge in [-0.3, -0.25) is 4.55 Å². The zero-order valence-electron chi connectivity index (χ0n) is 10.3. The number of ether oxygens (including phenoxy) is 1. The molecule has 1 rings (SSSR count). The van der Waals surface area contributed by atoms with Gasteiger partial charge >= 0.3 is 29.6 Å². The minimum Gasteiger partial charge on any atom is -1.00 e. The van der Waals surface area contributed by atoms with Crippen molar-refractivity contribution in [3.05, 3.63) is 18.2 Å². The van der Waals surface area contributed by atoms with Gasteiger partial charge in [-0.15, -0.1) is 0 Å². The molecule has 0 radical (unpaired) electrons. The van der Waals surface area contributed by atoms with E-state index in [0.717, 1.165) is 6.07 Å². The van der Waals surface area contributed by atoms with Crippen LogP contribution in [0.4, 0.5) is 0 Å². The van der Waals surface area contributed by atoms with Crippen molar-refractivity contribution in [3.63, 3.8) is 0 Å². The second-order valence-corrected chi connectivity index (χ2v) is 4.75. The molecule has 0 amide bonds. The van der Waals surface area contributed by atoms with Gasteiger partial charge in [0.1, 0.15) is 17.2 Å². The molecule has 0 aliphatic carbocycles. The topological polar surface area (TPSA) is 104 Å². The molecule has 0 saturated heterocycles. The van der Waals surface area contributed by atoms with Crippen molar-refractivity contribution in [2.24, 2.45) is 0 Å². The summed E-state index contributed by atoms with van der Waals surface area (Å²) in [6.07, 6.45) is 0.120. The van der Waals surface area contributed by atoms with E-state index in [2.05, 4.69) is 0 Å². The van der Waals surface area contributed by atoms with Gasteiger partial charge in [-0.25, -0.2) is 0 Å². The normalized spacial score (nSPS) is 10.6. The van der Waals surface area contributed by atoms with Crippen LogP contribution in [0.25, 0.3) is 0 Å². The maximum Gasteiger partial charge on any atom is 1.00 e. The standard InChI is InChI=1S/C9H12O6S.Na.H/c10-7-4-8(11)6-9(5-7)15-2-1-3-16(12,13)14;;/h4-6,10-11H,1-3H2,(H,12,13,14);;/q;+1;-1. The van der Waals surface area contributed by atoms with E-state index in [-0.39, 0.29) is 61.3 Å². The van der Waals surface area contributed by atoms with Crippen molar-refractivity contribution >= 4 is 10.1 Å². The first kappa shape index (κ1) is 16.5. The molecule has 0 aromatic heterocycles. The number of hydrogen-bond donors (Lipinski definition) is 3. The molecule has 0 unspecified atom stereocenters. The Kier molecular flexibility index (Phi) is 6.88. The second-order valence-electron chi connectivity index (χ2n) is 3.17. The van der Waals surface area contributed by atoms with Crippen LogP contribution in [0.15, 0.2) is 18.2 Å². The zero-order chi connectivity index (χ0) is 12.2. The van der Waals surface area contributed by atoms with Gasteiger partial charge in [-0.2, -0.15) is 8.42 Å². The molecule has 0 aliphatic heterocycles. The average Bonchev–Trinajstić information content (AvgIpc) is 2.09. The van der Waals surface area contributed by atoms with Crippen molar-refractivity contribution in [1.29, 1.82) is 0 Å². The summed E-state index contributed by atoms with van der Waals surface area (Å²) in [6.45, 7) is 0.0582. The summed E-state index contributed by atoms with van der Waals surface area (Å²) in [5.74, 6) is -0.458. The van der Waals surface area contributed by atoms with Crippen LogP contribution in [0, 0.1) is 0 Å². The van der Waals surface area contributed by atoms with Crippen LogP contribution in [0.2, 0.25) is 0 Å². The smallest absolute Gasteiger partial charge is 1.00 e. The van der Waals surface area contributed by atoms with E-state index >= 15 is 0 Å². The number of hydrogen-bond acceptors (Lipinski definition) is 5. The van der Waals surface area contributed by atoms with E-state index in [1.807, 2.05) is 0 Å². The number of phenols is 2. The fourth-order valence-corrected chi connectivity index (χ4v) is 1.57. The number of rotatable bonds is 5. The number of benzene rings is 1. The Morgan fingerprint density at radius 3 is 2.18 bits per heavy atom.